The maximum atomic E-state index is 10.6. The van der Waals surface area contributed by atoms with E-state index < -0.39 is 0 Å². The van der Waals surface area contributed by atoms with E-state index in [2.05, 4.69) is 31.2 Å². The number of hydrogen-bond donors (Lipinski definition) is 1. The smallest absolute Gasteiger partial charge is 0.269 e. The number of nitrogens with zero attached hydrogens (tertiary/aromatic N) is 2. The first-order valence-electron chi connectivity index (χ1n) is 6.63. The summed E-state index contributed by atoms with van der Waals surface area (Å²) in [7, 11) is 4.15. The zero-order valence-electron chi connectivity index (χ0n) is 11.9. The molecule has 0 amide bonds. The average Bonchev–Trinajstić information content (AvgIpc) is 2.37. The first-order valence-corrected chi connectivity index (χ1v) is 6.63. The molecule has 0 saturated carbocycles. The summed E-state index contributed by atoms with van der Waals surface area (Å²) in [4.78, 5) is 12.4. The van der Waals surface area contributed by atoms with Crippen LogP contribution in [0.2, 0.25) is 0 Å². The van der Waals surface area contributed by atoms with Crippen LogP contribution < -0.4 is 5.32 Å². The van der Waals surface area contributed by atoms with Gasteiger partial charge in [-0.15, -0.1) is 0 Å². The first kappa shape index (κ1) is 15.6. The highest BCUT2D eigenvalue weighted by atomic mass is 16.6. The molecule has 0 aliphatic carbocycles. The predicted octanol–water partition coefficient (Wildman–Crippen LogP) is 2.59. The monoisotopic (exact) mass is 265 g/mol. The summed E-state index contributed by atoms with van der Waals surface area (Å²) in [5, 5.41) is 14.0. The third kappa shape index (κ3) is 5.81. The van der Waals surface area contributed by atoms with Crippen molar-refractivity contribution in [2.45, 2.75) is 25.8 Å². The second-order valence-corrected chi connectivity index (χ2v) is 5.03. The van der Waals surface area contributed by atoms with Crippen molar-refractivity contribution in [2.75, 3.05) is 27.2 Å². The average molecular weight is 265 g/mol. The Bertz CT molecular complexity index is 390. The van der Waals surface area contributed by atoms with E-state index in [1.165, 1.54) is 6.42 Å². The van der Waals surface area contributed by atoms with Gasteiger partial charge in [0.15, 0.2) is 0 Å². The van der Waals surface area contributed by atoms with Crippen LogP contribution in [0, 0.1) is 10.1 Å². The Morgan fingerprint density at radius 2 is 1.89 bits per heavy atom. The molecule has 0 bridgehead atoms. The van der Waals surface area contributed by atoms with Gasteiger partial charge in [0.1, 0.15) is 0 Å². The molecule has 0 aliphatic heterocycles. The van der Waals surface area contributed by atoms with Crippen LogP contribution in [-0.2, 0) is 0 Å². The Kier molecular flexibility index (Phi) is 6.45. The van der Waals surface area contributed by atoms with Crippen molar-refractivity contribution in [3.05, 3.63) is 39.9 Å². The topological polar surface area (TPSA) is 58.4 Å². The molecule has 1 aromatic rings. The van der Waals surface area contributed by atoms with Gasteiger partial charge in [0, 0.05) is 18.2 Å². The standard InChI is InChI=1S/C14H23N3O2/c1-12(15-10-4-5-11-16(2)3)13-6-8-14(9-7-13)17(18)19/h6-9,12,15H,4-5,10-11H2,1-3H3. The van der Waals surface area contributed by atoms with Gasteiger partial charge in [-0.2, -0.15) is 0 Å². The van der Waals surface area contributed by atoms with E-state index in [0.717, 1.165) is 25.1 Å². The molecule has 0 aromatic heterocycles. The van der Waals surface area contributed by atoms with Gasteiger partial charge in [-0.1, -0.05) is 12.1 Å². The van der Waals surface area contributed by atoms with Gasteiger partial charge < -0.3 is 10.2 Å². The lowest BCUT2D eigenvalue weighted by molar-refractivity contribution is -0.384. The van der Waals surface area contributed by atoms with Crippen LogP contribution >= 0.6 is 0 Å². The van der Waals surface area contributed by atoms with Gasteiger partial charge in [0.25, 0.3) is 5.69 Å². The van der Waals surface area contributed by atoms with E-state index in [9.17, 15) is 10.1 Å². The fraction of sp³-hybridized carbons (Fsp3) is 0.571. The first-order chi connectivity index (χ1) is 9.00. The maximum Gasteiger partial charge on any atom is 0.269 e. The second kappa shape index (κ2) is 7.86. The molecule has 19 heavy (non-hydrogen) atoms. The summed E-state index contributed by atoms with van der Waals surface area (Å²) in [5.41, 5.74) is 1.22. The number of nitrogens with one attached hydrogen (secondary N) is 1. The minimum absolute atomic E-state index is 0.141. The van der Waals surface area contributed by atoms with Crippen LogP contribution in [0.25, 0.3) is 0 Å². The van der Waals surface area contributed by atoms with Crippen molar-refractivity contribution in [3.8, 4) is 0 Å². The van der Waals surface area contributed by atoms with E-state index >= 15 is 0 Å². The maximum absolute atomic E-state index is 10.6. The molecule has 1 atom stereocenters. The molecule has 0 aliphatic rings. The number of nitro groups is 1. The summed E-state index contributed by atoms with van der Waals surface area (Å²) >= 11 is 0. The minimum atomic E-state index is -0.372. The van der Waals surface area contributed by atoms with Gasteiger partial charge in [-0.3, -0.25) is 10.1 Å². The number of benzene rings is 1. The summed E-state index contributed by atoms with van der Waals surface area (Å²) in [6.45, 7) is 4.15. The fourth-order valence-corrected chi connectivity index (χ4v) is 1.87. The third-order valence-corrected chi connectivity index (χ3v) is 3.09. The van der Waals surface area contributed by atoms with Crippen molar-refractivity contribution >= 4 is 5.69 Å². The molecule has 1 unspecified atom stereocenters. The van der Waals surface area contributed by atoms with Crippen LogP contribution in [0.4, 0.5) is 5.69 Å². The Morgan fingerprint density at radius 1 is 1.26 bits per heavy atom. The summed E-state index contributed by atoms with van der Waals surface area (Å²) in [6, 6.07) is 6.96. The molecule has 0 saturated heterocycles. The van der Waals surface area contributed by atoms with E-state index in [1.54, 1.807) is 12.1 Å². The number of rotatable bonds is 8. The lowest BCUT2D eigenvalue weighted by Gasteiger charge is -2.15. The zero-order chi connectivity index (χ0) is 14.3. The Balaban J connectivity index is 2.33. The second-order valence-electron chi connectivity index (χ2n) is 5.03. The highest BCUT2D eigenvalue weighted by Crippen LogP contribution is 2.17. The SMILES string of the molecule is CC(NCCCCN(C)C)c1ccc([N+](=O)[O-])cc1. The molecular formula is C14H23N3O2. The zero-order valence-corrected chi connectivity index (χ0v) is 11.9. The predicted molar refractivity (Wildman–Crippen MR) is 77.3 cm³/mol. The number of nitro benzene ring substituents is 1. The molecule has 0 fully saturated rings. The number of hydrogen-bond acceptors (Lipinski definition) is 4. The number of unbranched alkanes of at least 4 members (excludes halogenated alkanes) is 1. The minimum Gasteiger partial charge on any atom is -0.310 e. The highest BCUT2D eigenvalue weighted by Gasteiger charge is 2.08. The van der Waals surface area contributed by atoms with Crippen LogP contribution in [-0.4, -0.2) is 37.0 Å². The van der Waals surface area contributed by atoms with Crippen LogP contribution in [0.5, 0.6) is 0 Å². The summed E-state index contributed by atoms with van der Waals surface area (Å²) in [6.07, 6.45) is 2.31. The molecule has 1 aromatic carbocycles. The van der Waals surface area contributed by atoms with Gasteiger partial charge in [-0.25, -0.2) is 0 Å². The van der Waals surface area contributed by atoms with Crippen molar-refractivity contribution < 1.29 is 4.92 Å². The Hall–Kier alpha value is -1.46. The third-order valence-electron chi connectivity index (χ3n) is 3.09. The van der Waals surface area contributed by atoms with Gasteiger partial charge in [-0.05, 0) is 52.5 Å². The van der Waals surface area contributed by atoms with E-state index in [1.807, 2.05) is 12.1 Å². The van der Waals surface area contributed by atoms with Gasteiger partial charge >= 0.3 is 0 Å². The van der Waals surface area contributed by atoms with Crippen LogP contribution in [0.3, 0.4) is 0 Å². The largest absolute Gasteiger partial charge is 0.310 e. The van der Waals surface area contributed by atoms with Crippen molar-refractivity contribution in [2.24, 2.45) is 0 Å². The van der Waals surface area contributed by atoms with E-state index in [-0.39, 0.29) is 16.7 Å². The van der Waals surface area contributed by atoms with Gasteiger partial charge in [0.2, 0.25) is 0 Å². The van der Waals surface area contributed by atoms with Crippen LogP contribution in [0.1, 0.15) is 31.4 Å². The number of non-ortho nitro benzene ring substituents is 1. The molecule has 5 nitrogen and oxygen atoms in total. The fourth-order valence-electron chi connectivity index (χ4n) is 1.87. The van der Waals surface area contributed by atoms with Gasteiger partial charge in [0.05, 0.1) is 4.92 Å². The molecule has 106 valence electrons. The van der Waals surface area contributed by atoms with Crippen molar-refractivity contribution in [1.82, 2.24) is 10.2 Å². The van der Waals surface area contributed by atoms with Crippen molar-refractivity contribution in [1.29, 1.82) is 0 Å². The molecule has 5 heteroatoms. The summed E-state index contributed by atoms with van der Waals surface area (Å²) < 4.78 is 0. The quantitative estimate of drug-likeness (QED) is 0.446. The lowest BCUT2D eigenvalue weighted by atomic mass is 10.1. The Morgan fingerprint density at radius 3 is 2.42 bits per heavy atom. The molecule has 1 N–H and O–H groups in total. The molecule has 1 rings (SSSR count). The summed E-state index contributed by atoms with van der Waals surface area (Å²) in [5.74, 6) is 0. The van der Waals surface area contributed by atoms with Crippen molar-refractivity contribution in [3.63, 3.8) is 0 Å². The van der Waals surface area contributed by atoms with E-state index in [4.69, 9.17) is 0 Å². The molecule has 0 spiro atoms. The molecule has 0 heterocycles. The lowest BCUT2D eigenvalue weighted by Crippen LogP contribution is -2.21. The normalized spacial score (nSPS) is 12.6. The van der Waals surface area contributed by atoms with E-state index in [0.29, 0.717) is 0 Å². The molecular weight excluding hydrogens is 242 g/mol. The Labute approximate surface area is 114 Å². The highest BCUT2D eigenvalue weighted by molar-refractivity contribution is 5.33. The molecule has 0 radical (unpaired) electrons. The van der Waals surface area contributed by atoms with Crippen LogP contribution in [0.15, 0.2) is 24.3 Å².